The van der Waals surface area contributed by atoms with Crippen LogP contribution in [0.1, 0.15) is 11.3 Å². The number of anilines is 2. The molecule has 0 unspecified atom stereocenters. The summed E-state index contributed by atoms with van der Waals surface area (Å²) >= 11 is 1.53. The molecule has 0 bridgehead atoms. The van der Waals surface area contributed by atoms with Crippen LogP contribution in [0.5, 0.6) is 0 Å². The minimum absolute atomic E-state index is 0.171. The number of furan rings is 1. The van der Waals surface area contributed by atoms with E-state index < -0.39 is 0 Å². The Balaban J connectivity index is 1.45. The second-order valence-corrected chi connectivity index (χ2v) is 7.59. The van der Waals surface area contributed by atoms with Crippen LogP contribution in [-0.2, 0) is 13.1 Å². The maximum absolute atomic E-state index is 14.1. The van der Waals surface area contributed by atoms with Gasteiger partial charge in [-0.15, -0.1) is 0 Å². The summed E-state index contributed by atoms with van der Waals surface area (Å²) in [5.74, 6) is 1.67. The van der Waals surface area contributed by atoms with Crippen molar-refractivity contribution in [2.75, 3.05) is 42.2 Å². The van der Waals surface area contributed by atoms with Crippen molar-refractivity contribution in [1.29, 1.82) is 0 Å². The lowest BCUT2D eigenvalue weighted by Gasteiger charge is -2.37. The molecule has 29 heavy (non-hydrogen) atoms. The van der Waals surface area contributed by atoms with Crippen LogP contribution in [-0.4, -0.2) is 42.4 Å². The quantitative estimate of drug-likeness (QED) is 0.470. The van der Waals surface area contributed by atoms with Crippen molar-refractivity contribution >= 4 is 23.3 Å². The van der Waals surface area contributed by atoms with Crippen LogP contribution >= 0.6 is 11.8 Å². The van der Waals surface area contributed by atoms with Crippen molar-refractivity contribution in [3.8, 4) is 0 Å². The maximum Gasteiger partial charge on any atom is 0.189 e. The number of nitrogens with zero attached hydrogens (tertiary/aromatic N) is 4. The summed E-state index contributed by atoms with van der Waals surface area (Å²) < 4.78 is 19.5. The predicted octanol–water partition coefficient (Wildman–Crippen LogP) is 3.55. The molecule has 1 saturated heterocycles. The van der Waals surface area contributed by atoms with Gasteiger partial charge < -0.3 is 19.5 Å². The molecule has 1 fully saturated rings. The molecule has 0 spiro atoms. The Morgan fingerprint density at radius 1 is 1.07 bits per heavy atom. The van der Waals surface area contributed by atoms with Gasteiger partial charge in [-0.05, 0) is 30.5 Å². The van der Waals surface area contributed by atoms with Crippen molar-refractivity contribution in [3.63, 3.8) is 0 Å². The van der Waals surface area contributed by atoms with Gasteiger partial charge >= 0.3 is 0 Å². The Bertz CT molecular complexity index is 929. The number of nitrogens with one attached hydrogen (secondary N) is 1. The molecule has 0 atom stereocenters. The van der Waals surface area contributed by atoms with Gasteiger partial charge in [-0.3, -0.25) is 0 Å². The van der Waals surface area contributed by atoms with Crippen molar-refractivity contribution in [3.05, 3.63) is 66.0 Å². The zero-order valence-corrected chi connectivity index (χ0v) is 17.2. The summed E-state index contributed by atoms with van der Waals surface area (Å²) in [6.45, 7) is 4.36. The first-order valence-electron chi connectivity index (χ1n) is 9.62. The topological polar surface area (TPSA) is 57.4 Å². The minimum atomic E-state index is -0.171. The Kier molecular flexibility index (Phi) is 6.31. The SMILES string of the molecule is CSc1ncc(CNCc2ccco2)c(N2CCN(c3ccccc3F)CC2)n1. The molecule has 1 N–H and O–H groups in total. The fourth-order valence-electron chi connectivity index (χ4n) is 3.48. The number of hydrogen-bond acceptors (Lipinski definition) is 7. The number of benzene rings is 1. The van der Waals surface area contributed by atoms with Crippen LogP contribution < -0.4 is 15.1 Å². The van der Waals surface area contributed by atoms with E-state index in [1.165, 1.54) is 17.8 Å². The molecule has 0 radical (unpaired) electrons. The van der Waals surface area contributed by atoms with Gasteiger partial charge in [-0.2, -0.15) is 0 Å². The number of para-hydroxylation sites is 1. The van der Waals surface area contributed by atoms with Crippen LogP contribution in [0.15, 0.2) is 58.4 Å². The molecule has 152 valence electrons. The zero-order valence-electron chi connectivity index (χ0n) is 16.3. The second kappa shape index (κ2) is 9.28. The summed E-state index contributed by atoms with van der Waals surface area (Å²) in [6, 6.07) is 10.8. The van der Waals surface area contributed by atoms with Gasteiger partial charge in [0.15, 0.2) is 5.16 Å². The van der Waals surface area contributed by atoms with E-state index >= 15 is 0 Å². The molecule has 3 aromatic rings. The van der Waals surface area contributed by atoms with Gasteiger partial charge in [-0.1, -0.05) is 23.9 Å². The fourth-order valence-corrected chi connectivity index (χ4v) is 3.82. The number of rotatable bonds is 7. The van der Waals surface area contributed by atoms with E-state index in [1.807, 2.05) is 36.7 Å². The third-order valence-electron chi connectivity index (χ3n) is 4.97. The van der Waals surface area contributed by atoms with Crippen LogP contribution in [0.2, 0.25) is 0 Å². The number of aromatic nitrogens is 2. The third-order valence-corrected chi connectivity index (χ3v) is 5.53. The van der Waals surface area contributed by atoms with E-state index in [4.69, 9.17) is 9.40 Å². The van der Waals surface area contributed by atoms with Crippen molar-refractivity contribution < 1.29 is 8.81 Å². The highest BCUT2D eigenvalue weighted by Crippen LogP contribution is 2.25. The summed E-state index contributed by atoms with van der Waals surface area (Å²) in [5, 5.41) is 4.15. The van der Waals surface area contributed by atoms with Crippen LogP contribution in [0.25, 0.3) is 0 Å². The predicted molar refractivity (Wildman–Crippen MR) is 114 cm³/mol. The summed E-state index contributed by atoms with van der Waals surface area (Å²) in [7, 11) is 0. The zero-order chi connectivity index (χ0) is 20.1. The number of thioether (sulfide) groups is 1. The Morgan fingerprint density at radius 2 is 1.86 bits per heavy atom. The van der Waals surface area contributed by atoms with E-state index in [2.05, 4.69) is 20.1 Å². The molecule has 0 aliphatic carbocycles. The lowest BCUT2D eigenvalue weighted by atomic mass is 10.2. The molecular formula is C21H24FN5OS. The average molecular weight is 414 g/mol. The molecule has 1 aliphatic heterocycles. The molecule has 1 aromatic carbocycles. The first kappa shape index (κ1) is 19.7. The lowest BCUT2D eigenvalue weighted by Crippen LogP contribution is -2.47. The first-order chi connectivity index (χ1) is 14.2. The molecule has 1 aliphatic rings. The molecule has 4 rings (SSSR count). The van der Waals surface area contributed by atoms with Gasteiger partial charge in [0.2, 0.25) is 0 Å². The number of hydrogen-bond donors (Lipinski definition) is 1. The van der Waals surface area contributed by atoms with Gasteiger partial charge in [-0.25, -0.2) is 14.4 Å². The van der Waals surface area contributed by atoms with E-state index in [0.29, 0.717) is 18.8 Å². The molecule has 0 amide bonds. The Labute approximate surface area is 174 Å². The summed E-state index contributed by atoms with van der Waals surface area (Å²) in [5.41, 5.74) is 1.72. The molecule has 2 aromatic heterocycles. The normalized spacial score (nSPS) is 14.4. The van der Waals surface area contributed by atoms with Crippen LogP contribution in [0.4, 0.5) is 15.9 Å². The van der Waals surface area contributed by atoms with Crippen LogP contribution in [0, 0.1) is 5.82 Å². The van der Waals surface area contributed by atoms with Crippen LogP contribution in [0.3, 0.4) is 0 Å². The van der Waals surface area contributed by atoms with Gasteiger partial charge in [0.05, 0.1) is 18.5 Å². The smallest absolute Gasteiger partial charge is 0.189 e. The van der Waals surface area contributed by atoms with E-state index in [-0.39, 0.29) is 5.82 Å². The van der Waals surface area contributed by atoms with E-state index in [0.717, 1.165) is 48.5 Å². The Morgan fingerprint density at radius 3 is 2.59 bits per heavy atom. The molecule has 8 heteroatoms. The molecule has 3 heterocycles. The van der Waals surface area contributed by atoms with Gasteiger partial charge in [0.1, 0.15) is 17.4 Å². The largest absolute Gasteiger partial charge is 0.468 e. The van der Waals surface area contributed by atoms with E-state index in [1.54, 1.807) is 12.3 Å². The van der Waals surface area contributed by atoms with E-state index in [9.17, 15) is 4.39 Å². The third kappa shape index (κ3) is 4.71. The summed E-state index contributed by atoms with van der Waals surface area (Å²) in [4.78, 5) is 13.6. The fraction of sp³-hybridized carbons (Fsp3) is 0.333. The molecule has 6 nitrogen and oxygen atoms in total. The van der Waals surface area contributed by atoms with Crippen molar-refractivity contribution in [1.82, 2.24) is 15.3 Å². The highest BCUT2D eigenvalue weighted by molar-refractivity contribution is 7.98. The summed E-state index contributed by atoms with van der Waals surface area (Å²) in [6.07, 6.45) is 5.55. The molecule has 0 saturated carbocycles. The van der Waals surface area contributed by atoms with Crippen molar-refractivity contribution in [2.24, 2.45) is 0 Å². The van der Waals surface area contributed by atoms with Gasteiger partial charge in [0, 0.05) is 44.5 Å². The maximum atomic E-state index is 14.1. The first-order valence-corrected chi connectivity index (χ1v) is 10.8. The minimum Gasteiger partial charge on any atom is -0.468 e. The number of halogens is 1. The Hall–Kier alpha value is -2.58. The highest BCUT2D eigenvalue weighted by Gasteiger charge is 2.22. The second-order valence-electron chi connectivity index (χ2n) is 6.81. The standard InChI is InChI=1S/C21H24FN5OS/c1-29-21-24-14-16(13-23-15-17-5-4-12-28-17)20(25-21)27-10-8-26(9-11-27)19-7-3-2-6-18(19)22/h2-7,12,14,23H,8-11,13,15H2,1H3. The average Bonchev–Trinajstić information content (AvgIpc) is 3.28. The highest BCUT2D eigenvalue weighted by atomic mass is 32.2. The number of piperazine rings is 1. The monoisotopic (exact) mass is 413 g/mol. The lowest BCUT2D eigenvalue weighted by molar-refractivity contribution is 0.482. The van der Waals surface area contributed by atoms with Crippen molar-refractivity contribution in [2.45, 2.75) is 18.2 Å². The molecular weight excluding hydrogens is 389 g/mol. The van der Waals surface area contributed by atoms with Gasteiger partial charge in [0.25, 0.3) is 0 Å².